The van der Waals surface area contributed by atoms with Gasteiger partial charge in [0, 0.05) is 51.2 Å². The Kier molecular flexibility index (Phi) is 11.7. The number of methoxy groups -OCH3 is 2. The third-order valence-corrected chi connectivity index (χ3v) is 7.69. The monoisotopic (exact) mass is 569 g/mol. The minimum atomic E-state index is -0.117. The van der Waals surface area contributed by atoms with Crippen LogP contribution in [-0.4, -0.2) is 84.4 Å². The van der Waals surface area contributed by atoms with Gasteiger partial charge >= 0.3 is 0 Å². The van der Waals surface area contributed by atoms with Gasteiger partial charge < -0.3 is 39.2 Å². The minimum Gasteiger partial charge on any atom is -0.497 e. The van der Waals surface area contributed by atoms with Crippen molar-refractivity contribution in [3.05, 3.63) is 53.6 Å². The minimum absolute atomic E-state index is 0.0154. The molecular weight excluding hydrogens is 522 g/mol. The third-order valence-electron chi connectivity index (χ3n) is 7.69. The van der Waals surface area contributed by atoms with E-state index in [4.69, 9.17) is 23.7 Å². The first-order valence-corrected chi connectivity index (χ1v) is 14.8. The van der Waals surface area contributed by atoms with Crippen LogP contribution in [0.25, 0.3) is 0 Å². The summed E-state index contributed by atoms with van der Waals surface area (Å²) in [6, 6.07) is 14.4. The first kappa shape index (κ1) is 31.1. The molecule has 1 amide bonds. The van der Waals surface area contributed by atoms with Crippen molar-refractivity contribution in [2.45, 2.75) is 58.0 Å². The zero-order valence-electron chi connectivity index (χ0n) is 25.2. The van der Waals surface area contributed by atoms with E-state index in [0.29, 0.717) is 32.9 Å². The number of amides is 1. The summed E-state index contributed by atoms with van der Waals surface area (Å²) in [6.45, 7) is 11.3. The van der Waals surface area contributed by atoms with Gasteiger partial charge in [-0.25, -0.2) is 0 Å². The fourth-order valence-electron chi connectivity index (χ4n) is 5.40. The molecule has 0 bridgehead atoms. The van der Waals surface area contributed by atoms with E-state index < -0.39 is 0 Å². The molecule has 41 heavy (non-hydrogen) atoms. The fraction of sp³-hybridized carbons (Fsp3) is 0.594. The number of nitrogens with one attached hydrogen (secondary N) is 2. The maximum absolute atomic E-state index is 12.2. The van der Waals surface area contributed by atoms with E-state index >= 15 is 0 Å². The zero-order valence-corrected chi connectivity index (χ0v) is 25.2. The topological polar surface area (TPSA) is 90.5 Å². The molecule has 0 spiro atoms. The van der Waals surface area contributed by atoms with Crippen molar-refractivity contribution in [2.24, 2.45) is 5.92 Å². The number of rotatable bonds is 14. The van der Waals surface area contributed by atoms with Crippen molar-refractivity contribution in [3.8, 4) is 11.5 Å². The maximum atomic E-state index is 12.2. The van der Waals surface area contributed by atoms with Crippen molar-refractivity contribution in [1.29, 1.82) is 0 Å². The summed E-state index contributed by atoms with van der Waals surface area (Å²) in [7, 11) is 3.41. The van der Waals surface area contributed by atoms with Gasteiger partial charge in [0.05, 0.1) is 44.8 Å². The number of piperidine rings is 1. The van der Waals surface area contributed by atoms with Gasteiger partial charge in [-0.1, -0.05) is 32.0 Å². The number of nitrogens with zero attached hydrogens (tertiary/aromatic N) is 1. The lowest BCUT2D eigenvalue weighted by atomic mass is 9.85. The highest BCUT2D eigenvalue weighted by atomic mass is 16.5. The van der Waals surface area contributed by atoms with Crippen LogP contribution in [0.4, 0.5) is 5.69 Å². The summed E-state index contributed by atoms with van der Waals surface area (Å²) in [5.74, 6) is 1.71. The van der Waals surface area contributed by atoms with Crippen LogP contribution in [0.1, 0.15) is 44.2 Å². The molecule has 0 aliphatic carbocycles. The lowest BCUT2D eigenvalue weighted by molar-refractivity contribution is -0.125. The molecule has 9 nitrogen and oxygen atoms in total. The molecule has 2 aromatic carbocycles. The van der Waals surface area contributed by atoms with Crippen LogP contribution in [0.3, 0.4) is 0 Å². The van der Waals surface area contributed by atoms with E-state index in [1.54, 1.807) is 14.2 Å². The Morgan fingerprint density at radius 3 is 2.54 bits per heavy atom. The second kappa shape index (κ2) is 15.4. The number of anilines is 1. The Bertz CT molecular complexity index is 1100. The molecular formula is C32H47N3O6. The van der Waals surface area contributed by atoms with E-state index in [0.717, 1.165) is 54.4 Å². The lowest BCUT2D eigenvalue weighted by Gasteiger charge is -2.39. The molecule has 4 atom stereocenters. The maximum Gasteiger partial charge on any atom is 0.222 e. The second-order valence-electron chi connectivity index (χ2n) is 11.2. The number of carbonyl (C=O) groups is 1. The Balaban J connectivity index is 1.46. The smallest absolute Gasteiger partial charge is 0.222 e. The van der Waals surface area contributed by atoms with Gasteiger partial charge in [-0.05, 0) is 48.7 Å². The van der Waals surface area contributed by atoms with Crippen LogP contribution in [0.2, 0.25) is 0 Å². The first-order chi connectivity index (χ1) is 19.9. The van der Waals surface area contributed by atoms with Gasteiger partial charge in [-0.3, -0.25) is 4.79 Å². The number of hydrogen-bond acceptors (Lipinski definition) is 8. The average molecular weight is 570 g/mol. The Labute approximate surface area is 244 Å². The standard InChI is InChI=1S/C32H47N3O6/c1-22(2)32(36)34-23(3)20-40-29-18-33-19-30(31(29)25-8-10-26(38-5)11-9-25)41-21-24-7-12-28-27(17-24)35(14-16-39-28)13-6-15-37-4/h7-12,17,22-23,29-31,33H,6,13-16,18-21H2,1-5H3,(H,34,36)/t23-,29-,30+,31+/m1/s1. The Hall–Kier alpha value is -2.85. The highest BCUT2D eigenvalue weighted by Gasteiger charge is 2.36. The van der Waals surface area contributed by atoms with Crippen LogP contribution >= 0.6 is 0 Å². The van der Waals surface area contributed by atoms with Crippen LogP contribution in [0.15, 0.2) is 42.5 Å². The fourth-order valence-corrected chi connectivity index (χ4v) is 5.40. The highest BCUT2D eigenvalue weighted by molar-refractivity contribution is 5.78. The summed E-state index contributed by atoms with van der Waals surface area (Å²) >= 11 is 0. The summed E-state index contributed by atoms with van der Waals surface area (Å²) < 4.78 is 29.7. The molecule has 1 fully saturated rings. The molecule has 0 radical (unpaired) electrons. The third kappa shape index (κ3) is 8.58. The van der Waals surface area contributed by atoms with E-state index in [1.807, 2.05) is 32.9 Å². The number of fused-ring (bicyclic) bond motifs is 1. The molecule has 0 unspecified atom stereocenters. The summed E-state index contributed by atoms with van der Waals surface area (Å²) in [6.07, 6.45) is 0.747. The number of carbonyl (C=O) groups excluding carboxylic acids is 1. The SMILES string of the molecule is COCCCN1CCOc2ccc(CO[C@H]3CNC[C@@H](OC[C@@H](C)NC(=O)C(C)C)[C@@H]3c3ccc(OC)cc3)cc21. The second-order valence-corrected chi connectivity index (χ2v) is 11.2. The zero-order chi connectivity index (χ0) is 29.2. The molecule has 1 saturated heterocycles. The largest absolute Gasteiger partial charge is 0.497 e. The summed E-state index contributed by atoms with van der Waals surface area (Å²) in [5, 5.41) is 6.55. The van der Waals surface area contributed by atoms with Gasteiger partial charge in [0.2, 0.25) is 5.91 Å². The molecule has 4 rings (SSSR count). The van der Waals surface area contributed by atoms with Gasteiger partial charge in [0.1, 0.15) is 18.1 Å². The van der Waals surface area contributed by atoms with Gasteiger partial charge in [0.25, 0.3) is 0 Å². The predicted molar refractivity (Wildman–Crippen MR) is 160 cm³/mol. The van der Waals surface area contributed by atoms with Gasteiger partial charge in [-0.15, -0.1) is 0 Å². The van der Waals surface area contributed by atoms with Crippen molar-refractivity contribution in [3.63, 3.8) is 0 Å². The average Bonchev–Trinajstić information content (AvgIpc) is 2.99. The van der Waals surface area contributed by atoms with Crippen molar-refractivity contribution in [1.82, 2.24) is 10.6 Å². The molecule has 0 saturated carbocycles. The highest BCUT2D eigenvalue weighted by Crippen LogP contribution is 2.35. The summed E-state index contributed by atoms with van der Waals surface area (Å²) in [5.41, 5.74) is 3.36. The number of hydrogen-bond donors (Lipinski definition) is 2. The van der Waals surface area contributed by atoms with Gasteiger partial charge in [0.15, 0.2) is 0 Å². The Morgan fingerprint density at radius 1 is 1.07 bits per heavy atom. The van der Waals surface area contributed by atoms with Gasteiger partial charge in [-0.2, -0.15) is 0 Å². The lowest BCUT2D eigenvalue weighted by Crippen LogP contribution is -2.51. The van der Waals surface area contributed by atoms with Crippen LogP contribution in [0, 0.1) is 5.92 Å². The molecule has 2 aliphatic rings. The molecule has 9 heteroatoms. The van der Waals surface area contributed by atoms with Crippen molar-refractivity contribution in [2.75, 3.05) is 65.1 Å². The summed E-state index contributed by atoms with van der Waals surface area (Å²) in [4.78, 5) is 14.5. The molecule has 2 N–H and O–H groups in total. The van der Waals surface area contributed by atoms with E-state index in [9.17, 15) is 4.79 Å². The van der Waals surface area contributed by atoms with Crippen molar-refractivity contribution >= 4 is 11.6 Å². The molecule has 2 aromatic rings. The van der Waals surface area contributed by atoms with E-state index in [-0.39, 0.29) is 36.0 Å². The van der Waals surface area contributed by atoms with E-state index in [1.165, 1.54) is 0 Å². The van der Waals surface area contributed by atoms with E-state index in [2.05, 4.69) is 45.9 Å². The molecule has 0 aromatic heterocycles. The van der Waals surface area contributed by atoms with Crippen LogP contribution < -0.4 is 25.0 Å². The number of benzene rings is 2. The van der Waals surface area contributed by atoms with Crippen LogP contribution in [-0.2, 0) is 25.6 Å². The normalized spacial score (nSPS) is 21.2. The molecule has 2 aliphatic heterocycles. The van der Waals surface area contributed by atoms with Crippen molar-refractivity contribution < 1.29 is 28.5 Å². The predicted octanol–water partition coefficient (Wildman–Crippen LogP) is 3.75. The number of ether oxygens (including phenoxy) is 5. The molecule has 2 heterocycles. The Morgan fingerprint density at radius 2 is 1.83 bits per heavy atom. The van der Waals surface area contributed by atoms with Crippen LogP contribution in [0.5, 0.6) is 11.5 Å². The quantitative estimate of drug-likeness (QED) is 0.333. The first-order valence-electron chi connectivity index (χ1n) is 14.8. The molecule has 226 valence electrons.